The van der Waals surface area contributed by atoms with Crippen molar-refractivity contribution in [3.8, 4) is 0 Å². The van der Waals surface area contributed by atoms with E-state index in [0.29, 0.717) is 31.5 Å². The quantitative estimate of drug-likeness (QED) is 0.729. The van der Waals surface area contributed by atoms with Gasteiger partial charge in [0.1, 0.15) is 0 Å². The van der Waals surface area contributed by atoms with Crippen molar-refractivity contribution in [3.05, 3.63) is 42.5 Å². The first-order chi connectivity index (χ1) is 13.4. The third-order valence-corrected chi connectivity index (χ3v) is 6.78. The molecule has 0 radical (unpaired) electrons. The predicted octanol–water partition coefficient (Wildman–Crippen LogP) is 1.63. The maximum atomic E-state index is 12.8. The SMILES string of the molecule is C=CCNS(=O)(=O)c1cccc(C(=O)N2CCC(C(=O)N3CCCC3)CC2)c1. The number of carbonyl (C=O) groups excluding carboxylic acids is 2. The highest BCUT2D eigenvalue weighted by molar-refractivity contribution is 7.89. The van der Waals surface area contributed by atoms with Crippen LogP contribution in [0.15, 0.2) is 41.8 Å². The molecule has 1 aromatic rings. The third-order valence-electron chi connectivity index (χ3n) is 5.36. The molecule has 7 nitrogen and oxygen atoms in total. The second-order valence-electron chi connectivity index (χ2n) is 7.27. The molecular weight excluding hydrogens is 378 g/mol. The number of amides is 2. The molecule has 8 heteroatoms. The lowest BCUT2D eigenvalue weighted by atomic mass is 9.95. The highest BCUT2D eigenvalue weighted by Gasteiger charge is 2.31. The molecule has 0 saturated carbocycles. The van der Waals surface area contributed by atoms with Crippen LogP contribution in [0.25, 0.3) is 0 Å². The number of nitrogens with one attached hydrogen (secondary N) is 1. The van der Waals surface area contributed by atoms with Crippen molar-refractivity contribution < 1.29 is 18.0 Å². The fourth-order valence-corrected chi connectivity index (χ4v) is 4.80. The van der Waals surface area contributed by atoms with Gasteiger partial charge < -0.3 is 9.80 Å². The lowest BCUT2D eigenvalue weighted by Gasteiger charge is -2.33. The van der Waals surface area contributed by atoms with Gasteiger partial charge in [-0.1, -0.05) is 12.1 Å². The average Bonchev–Trinajstić information content (AvgIpc) is 3.26. The van der Waals surface area contributed by atoms with E-state index >= 15 is 0 Å². The molecule has 3 rings (SSSR count). The minimum absolute atomic E-state index is 0.0167. The Morgan fingerprint density at radius 2 is 1.79 bits per heavy atom. The zero-order chi connectivity index (χ0) is 20.1. The highest BCUT2D eigenvalue weighted by Crippen LogP contribution is 2.23. The highest BCUT2D eigenvalue weighted by atomic mass is 32.2. The van der Waals surface area contributed by atoms with Crippen LogP contribution in [0.4, 0.5) is 0 Å². The molecule has 0 spiro atoms. The van der Waals surface area contributed by atoms with Gasteiger partial charge in [-0.2, -0.15) is 0 Å². The number of hydrogen-bond donors (Lipinski definition) is 1. The first-order valence-corrected chi connectivity index (χ1v) is 11.2. The van der Waals surface area contributed by atoms with Crippen LogP contribution in [0, 0.1) is 5.92 Å². The Hall–Kier alpha value is -2.19. The first-order valence-electron chi connectivity index (χ1n) is 9.71. The molecule has 2 heterocycles. The van der Waals surface area contributed by atoms with E-state index in [9.17, 15) is 18.0 Å². The topological polar surface area (TPSA) is 86.8 Å². The Balaban J connectivity index is 1.63. The van der Waals surface area contributed by atoms with E-state index in [-0.39, 0.29) is 29.2 Å². The van der Waals surface area contributed by atoms with Crippen LogP contribution in [0.3, 0.4) is 0 Å². The molecule has 2 fully saturated rings. The number of benzene rings is 1. The summed E-state index contributed by atoms with van der Waals surface area (Å²) in [5, 5.41) is 0. The minimum Gasteiger partial charge on any atom is -0.342 e. The Kier molecular flexibility index (Phi) is 6.51. The fraction of sp³-hybridized carbons (Fsp3) is 0.500. The minimum atomic E-state index is -3.68. The maximum absolute atomic E-state index is 12.8. The van der Waals surface area contributed by atoms with Crippen molar-refractivity contribution in [1.82, 2.24) is 14.5 Å². The van der Waals surface area contributed by atoms with E-state index < -0.39 is 10.0 Å². The summed E-state index contributed by atoms with van der Waals surface area (Å²) >= 11 is 0. The second-order valence-corrected chi connectivity index (χ2v) is 9.03. The van der Waals surface area contributed by atoms with Crippen molar-refractivity contribution in [1.29, 1.82) is 0 Å². The largest absolute Gasteiger partial charge is 0.342 e. The van der Waals surface area contributed by atoms with Crippen molar-refractivity contribution >= 4 is 21.8 Å². The molecular formula is C20H27N3O4S. The number of nitrogens with zero attached hydrogens (tertiary/aromatic N) is 2. The number of hydrogen-bond acceptors (Lipinski definition) is 4. The van der Waals surface area contributed by atoms with Crippen LogP contribution >= 0.6 is 0 Å². The maximum Gasteiger partial charge on any atom is 0.253 e. The summed E-state index contributed by atoms with van der Waals surface area (Å²) in [4.78, 5) is 29.1. The summed E-state index contributed by atoms with van der Waals surface area (Å²) in [5.41, 5.74) is 0.339. The van der Waals surface area contributed by atoms with Crippen LogP contribution in [-0.4, -0.2) is 62.8 Å². The number of rotatable bonds is 6. The van der Waals surface area contributed by atoms with Gasteiger partial charge in [0.25, 0.3) is 5.91 Å². The summed E-state index contributed by atoms with van der Waals surface area (Å²) in [7, 11) is -3.68. The molecule has 2 saturated heterocycles. The molecule has 0 aliphatic carbocycles. The lowest BCUT2D eigenvalue weighted by Crippen LogP contribution is -2.43. The van der Waals surface area contributed by atoms with Crippen LogP contribution in [0.1, 0.15) is 36.0 Å². The van der Waals surface area contributed by atoms with Gasteiger partial charge in [0, 0.05) is 44.2 Å². The van der Waals surface area contributed by atoms with Crippen molar-refractivity contribution in [3.63, 3.8) is 0 Å². The van der Waals surface area contributed by atoms with Crippen molar-refractivity contribution in [2.24, 2.45) is 5.92 Å². The summed E-state index contributed by atoms with van der Waals surface area (Å²) < 4.78 is 26.9. The second kappa shape index (κ2) is 8.87. The molecule has 152 valence electrons. The van der Waals surface area contributed by atoms with Gasteiger partial charge in [-0.3, -0.25) is 9.59 Å². The van der Waals surface area contributed by atoms with E-state index in [1.54, 1.807) is 17.0 Å². The molecule has 0 aromatic heterocycles. The summed E-state index contributed by atoms with van der Waals surface area (Å²) in [6.45, 7) is 6.33. The standard InChI is InChI=1S/C20H27N3O4S/c1-2-10-21-28(26,27)18-7-5-6-17(15-18)20(25)23-13-8-16(9-14-23)19(24)22-11-3-4-12-22/h2,5-7,15-16,21H,1,3-4,8-14H2. The van der Waals surface area contributed by atoms with Crippen LogP contribution in [0.5, 0.6) is 0 Å². The van der Waals surface area contributed by atoms with Gasteiger partial charge in [-0.25, -0.2) is 13.1 Å². The first kappa shape index (κ1) is 20.5. The van der Waals surface area contributed by atoms with Gasteiger partial charge in [-0.15, -0.1) is 6.58 Å². The Morgan fingerprint density at radius 1 is 1.11 bits per heavy atom. The molecule has 0 unspecified atom stereocenters. The predicted molar refractivity (Wildman–Crippen MR) is 106 cm³/mol. The monoisotopic (exact) mass is 405 g/mol. The number of piperidine rings is 1. The molecule has 2 amide bonds. The summed E-state index contributed by atoms with van der Waals surface area (Å²) in [6, 6.07) is 6.05. The van der Waals surface area contributed by atoms with E-state index in [2.05, 4.69) is 11.3 Å². The van der Waals surface area contributed by atoms with Gasteiger partial charge in [0.05, 0.1) is 4.90 Å². The number of sulfonamides is 1. The molecule has 1 N–H and O–H groups in total. The smallest absolute Gasteiger partial charge is 0.253 e. The van der Waals surface area contributed by atoms with Crippen molar-refractivity contribution in [2.75, 3.05) is 32.7 Å². The normalized spacial score (nSPS) is 18.3. The zero-order valence-electron chi connectivity index (χ0n) is 16.0. The fourth-order valence-electron chi connectivity index (χ4n) is 3.76. The molecule has 0 bridgehead atoms. The third kappa shape index (κ3) is 4.62. The summed E-state index contributed by atoms with van der Waals surface area (Å²) in [6.07, 6.45) is 4.91. The van der Waals surface area contributed by atoms with Gasteiger partial charge >= 0.3 is 0 Å². The van der Waals surface area contributed by atoms with E-state index in [0.717, 1.165) is 25.9 Å². The van der Waals surface area contributed by atoms with Gasteiger partial charge in [0.15, 0.2) is 0 Å². The van der Waals surface area contributed by atoms with Crippen LogP contribution < -0.4 is 4.72 Å². The molecule has 28 heavy (non-hydrogen) atoms. The van der Waals surface area contributed by atoms with Crippen molar-refractivity contribution in [2.45, 2.75) is 30.6 Å². The average molecular weight is 406 g/mol. The Labute approximate surface area is 166 Å². The lowest BCUT2D eigenvalue weighted by molar-refractivity contribution is -0.135. The Morgan fingerprint density at radius 3 is 2.43 bits per heavy atom. The Bertz CT molecular complexity index is 839. The zero-order valence-corrected chi connectivity index (χ0v) is 16.8. The van der Waals surface area contributed by atoms with E-state index in [1.807, 2.05) is 4.90 Å². The molecule has 2 aliphatic rings. The van der Waals surface area contributed by atoms with Crippen LogP contribution in [-0.2, 0) is 14.8 Å². The van der Waals surface area contributed by atoms with E-state index in [1.165, 1.54) is 18.2 Å². The number of carbonyl (C=O) groups is 2. The molecule has 2 aliphatic heterocycles. The van der Waals surface area contributed by atoms with E-state index in [4.69, 9.17) is 0 Å². The van der Waals surface area contributed by atoms with Gasteiger partial charge in [-0.05, 0) is 43.9 Å². The summed E-state index contributed by atoms with van der Waals surface area (Å²) in [5.74, 6) is -0.00390. The number of likely N-dealkylation sites (tertiary alicyclic amines) is 2. The molecule has 0 atom stereocenters. The van der Waals surface area contributed by atoms with Gasteiger partial charge in [0.2, 0.25) is 15.9 Å². The van der Waals surface area contributed by atoms with Crippen LogP contribution in [0.2, 0.25) is 0 Å². The molecule has 1 aromatic carbocycles.